The van der Waals surface area contributed by atoms with Gasteiger partial charge in [0, 0.05) is 18.9 Å². The molecule has 0 amide bonds. The fraction of sp³-hybridized carbons (Fsp3) is 0.636. The Morgan fingerprint density at radius 2 is 1.85 bits per heavy atom. The first-order valence-corrected chi connectivity index (χ1v) is 5.18. The average Bonchev–Trinajstić information content (AvgIpc) is 2.63. The molecule has 1 radical (unpaired) electrons. The van der Waals surface area contributed by atoms with Gasteiger partial charge in [0.15, 0.2) is 0 Å². The van der Waals surface area contributed by atoms with Gasteiger partial charge < -0.3 is 4.57 Å². The molecule has 0 aliphatic heterocycles. The molecule has 2 nitrogen and oxygen atoms in total. The van der Waals surface area contributed by atoms with Crippen LogP contribution in [0.25, 0.3) is 0 Å². The third-order valence-electron chi connectivity index (χ3n) is 2.23. The maximum Gasteiger partial charge on any atom is 0.0945 e. The van der Waals surface area contributed by atoms with Gasteiger partial charge in [-0.1, -0.05) is 39.0 Å². The molecule has 0 aromatic carbocycles. The van der Waals surface area contributed by atoms with E-state index < -0.39 is 0 Å². The molecule has 13 heavy (non-hydrogen) atoms. The van der Waals surface area contributed by atoms with Crippen LogP contribution in [0.3, 0.4) is 0 Å². The van der Waals surface area contributed by atoms with Gasteiger partial charge in [0.2, 0.25) is 0 Å². The predicted molar refractivity (Wildman–Crippen MR) is 55.3 cm³/mol. The van der Waals surface area contributed by atoms with Gasteiger partial charge in [0.1, 0.15) is 0 Å². The minimum Gasteiger partial charge on any atom is -0.337 e. The Balaban J connectivity index is 1.90. The lowest BCUT2D eigenvalue weighted by atomic mass is 10.1. The number of hydrogen-bond acceptors (Lipinski definition) is 1. The third kappa shape index (κ3) is 4.71. The lowest BCUT2D eigenvalue weighted by Crippen LogP contribution is -1.93. The molecule has 0 saturated carbocycles. The quantitative estimate of drug-likeness (QED) is 0.588. The summed E-state index contributed by atoms with van der Waals surface area (Å²) in [6.07, 6.45) is 13.4. The van der Waals surface area contributed by atoms with E-state index in [-0.39, 0.29) is 0 Å². The number of hydrogen-bond donors (Lipinski definition) is 0. The van der Waals surface area contributed by atoms with Gasteiger partial charge in [0.25, 0.3) is 0 Å². The van der Waals surface area contributed by atoms with Gasteiger partial charge in [-0.3, -0.25) is 0 Å². The van der Waals surface area contributed by atoms with Crippen LogP contribution in [0, 0.1) is 6.92 Å². The Kier molecular flexibility index (Phi) is 5.30. The van der Waals surface area contributed by atoms with Crippen molar-refractivity contribution in [3.63, 3.8) is 0 Å². The monoisotopic (exact) mass is 179 g/mol. The van der Waals surface area contributed by atoms with Crippen LogP contribution < -0.4 is 0 Å². The Morgan fingerprint density at radius 3 is 2.54 bits per heavy atom. The number of unbranched alkanes of at least 4 members (excludes halogenated alkanes) is 5. The van der Waals surface area contributed by atoms with Crippen molar-refractivity contribution in [3.05, 3.63) is 25.6 Å². The molecule has 1 aromatic rings. The van der Waals surface area contributed by atoms with Gasteiger partial charge in [-0.05, 0) is 6.42 Å². The molecule has 1 aromatic heterocycles. The molecule has 1 heterocycles. The lowest BCUT2D eigenvalue weighted by molar-refractivity contribution is 0.562. The van der Waals surface area contributed by atoms with Crippen molar-refractivity contribution >= 4 is 0 Å². The van der Waals surface area contributed by atoms with E-state index in [1.807, 2.05) is 18.7 Å². The van der Waals surface area contributed by atoms with Gasteiger partial charge in [0.05, 0.1) is 6.33 Å². The molecular formula is C11H19N2. The zero-order chi connectivity index (χ0) is 9.36. The SMILES string of the molecule is [CH2]CCCCCCCn1ccnc1. The third-order valence-corrected chi connectivity index (χ3v) is 2.23. The Morgan fingerprint density at radius 1 is 1.08 bits per heavy atom. The molecule has 0 atom stereocenters. The molecule has 0 aliphatic rings. The zero-order valence-electron chi connectivity index (χ0n) is 8.28. The van der Waals surface area contributed by atoms with Gasteiger partial charge in [-0.25, -0.2) is 4.98 Å². The maximum absolute atomic E-state index is 4.01. The minimum atomic E-state index is 1.08. The zero-order valence-corrected chi connectivity index (χ0v) is 8.28. The lowest BCUT2D eigenvalue weighted by Gasteiger charge is -2.01. The van der Waals surface area contributed by atoms with Crippen LogP contribution in [-0.2, 0) is 6.54 Å². The summed E-state index contributed by atoms with van der Waals surface area (Å²) in [6.45, 7) is 4.95. The summed E-state index contributed by atoms with van der Waals surface area (Å²) in [5.74, 6) is 0. The second-order valence-corrected chi connectivity index (χ2v) is 3.42. The molecular weight excluding hydrogens is 160 g/mol. The Bertz CT molecular complexity index is 192. The minimum absolute atomic E-state index is 1.08. The van der Waals surface area contributed by atoms with Crippen LogP contribution in [-0.4, -0.2) is 9.55 Å². The molecule has 0 unspecified atom stereocenters. The van der Waals surface area contributed by atoms with Crippen LogP contribution in [0.1, 0.15) is 38.5 Å². The summed E-state index contributed by atoms with van der Waals surface area (Å²) in [6, 6.07) is 0. The highest BCUT2D eigenvalue weighted by molar-refractivity contribution is 4.73. The van der Waals surface area contributed by atoms with E-state index in [2.05, 4.69) is 16.5 Å². The first kappa shape index (κ1) is 10.3. The fourth-order valence-corrected chi connectivity index (χ4v) is 1.42. The smallest absolute Gasteiger partial charge is 0.0945 e. The molecule has 0 N–H and O–H groups in total. The summed E-state index contributed by atoms with van der Waals surface area (Å²) in [5, 5.41) is 0. The standard InChI is InChI=1S/C11H19N2/c1-2-3-4-5-6-7-9-13-10-8-12-11-13/h8,10-11H,1-7,9H2. The molecule has 2 heteroatoms. The van der Waals surface area contributed by atoms with Crippen molar-refractivity contribution in [2.45, 2.75) is 45.1 Å². The molecule has 0 spiro atoms. The highest BCUT2D eigenvalue weighted by Crippen LogP contribution is 2.05. The second kappa shape index (κ2) is 6.70. The van der Waals surface area contributed by atoms with Crippen LogP contribution >= 0.6 is 0 Å². The van der Waals surface area contributed by atoms with Gasteiger partial charge in [-0.2, -0.15) is 0 Å². The average molecular weight is 179 g/mol. The first-order valence-electron chi connectivity index (χ1n) is 5.18. The highest BCUT2D eigenvalue weighted by atomic mass is 15.0. The van der Waals surface area contributed by atoms with E-state index in [1.54, 1.807) is 0 Å². The maximum atomic E-state index is 4.01. The predicted octanol–water partition coefficient (Wildman–Crippen LogP) is 3.06. The van der Waals surface area contributed by atoms with Crippen molar-refractivity contribution in [2.24, 2.45) is 0 Å². The summed E-state index contributed by atoms with van der Waals surface area (Å²) in [4.78, 5) is 4.01. The van der Waals surface area contributed by atoms with E-state index >= 15 is 0 Å². The summed E-state index contributed by atoms with van der Waals surface area (Å²) in [5.41, 5.74) is 0. The van der Waals surface area contributed by atoms with Gasteiger partial charge in [-0.15, -0.1) is 0 Å². The molecule has 0 aliphatic carbocycles. The van der Waals surface area contributed by atoms with Crippen LogP contribution in [0.15, 0.2) is 18.7 Å². The first-order chi connectivity index (χ1) is 6.43. The second-order valence-electron chi connectivity index (χ2n) is 3.42. The van der Waals surface area contributed by atoms with Crippen LogP contribution in [0.2, 0.25) is 0 Å². The number of imidazole rings is 1. The van der Waals surface area contributed by atoms with Crippen molar-refractivity contribution in [1.82, 2.24) is 9.55 Å². The topological polar surface area (TPSA) is 17.8 Å². The molecule has 0 saturated heterocycles. The Labute approximate surface area is 81.0 Å². The summed E-state index contributed by atoms with van der Waals surface area (Å²) in [7, 11) is 0. The largest absolute Gasteiger partial charge is 0.337 e. The number of nitrogens with zero attached hydrogens (tertiary/aromatic N) is 2. The van der Waals surface area contributed by atoms with Gasteiger partial charge >= 0.3 is 0 Å². The fourth-order valence-electron chi connectivity index (χ4n) is 1.42. The highest BCUT2D eigenvalue weighted by Gasteiger charge is 1.91. The molecule has 73 valence electrons. The normalized spacial score (nSPS) is 10.5. The summed E-state index contributed by atoms with van der Waals surface area (Å²) < 4.78 is 2.14. The number of aryl methyl sites for hydroxylation is 1. The van der Waals surface area contributed by atoms with Crippen molar-refractivity contribution in [3.8, 4) is 0 Å². The van der Waals surface area contributed by atoms with Crippen molar-refractivity contribution < 1.29 is 0 Å². The van der Waals surface area contributed by atoms with E-state index in [9.17, 15) is 0 Å². The summed E-state index contributed by atoms with van der Waals surface area (Å²) >= 11 is 0. The van der Waals surface area contributed by atoms with E-state index in [0.29, 0.717) is 0 Å². The molecule has 0 bridgehead atoms. The van der Waals surface area contributed by atoms with E-state index in [1.165, 1.54) is 32.1 Å². The van der Waals surface area contributed by atoms with E-state index in [4.69, 9.17) is 0 Å². The Hall–Kier alpha value is -0.790. The van der Waals surface area contributed by atoms with Crippen molar-refractivity contribution in [2.75, 3.05) is 0 Å². The van der Waals surface area contributed by atoms with Crippen LogP contribution in [0.5, 0.6) is 0 Å². The van der Waals surface area contributed by atoms with Crippen molar-refractivity contribution in [1.29, 1.82) is 0 Å². The number of aromatic nitrogens is 2. The van der Waals surface area contributed by atoms with E-state index in [0.717, 1.165) is 13.0 Å². The molecule has 0 fully saturated rings. The number of rotatable bonds is 7. The molecule has 1 rings (SSSR count). The van der Waals surface area contributed by atoms with Crippen LogP contribution in [0.4, 0.5) is 0 Å².